The Bertz CT molecular complexity index is 566. The molecule has 0 aromatic heterocycles. The molecule has 1 aliphatic rings. The van der Waals surface area contributed by atoms with Gasteiger partial charge in [-0.05, 0) is 35.8 Å². The van der Waals surface area contributed by atoms with E-state index in [1.54, 1.807) is 6.07 Å². The van der Waals surface area contributed by atoms with Crippen molar-refractivity contribution in [2.24, 2.45) is 0 Å². The smallest absolute Gasteiger partial charge is 0.420 e. The van der Waals surface area contributed by atoms with Crippen LogP contribution < -0.4 is 9.47 Å². The fourth-order valence-corrected chi connectivity index (χ4v) is 4.20. The zero-order valence-corrected chi connectivity index (χ0v) is 15.1. The molecule has 0 bridgehead atoms. The third-order valence-electron chi connectivity index (χ3n) is 3.80. The van der Waals surface area contributed by atoms with Crippen molar-refractivity contribution in [1.82, 2.24) is 0 Å². The molecule has 0 radical (unpaired) electrons. The molecule has 0 saturated heterocycles. The molecule has 136 valence electrons. The Morgan fingerprint density at radius 3 is 2.62 bits per heavy atom. The number of thioether (sulfide) groups is 1. The van der Waals surface area contributed by atoms with E-state index in [0.29, 0.717) is 24.5 Å². The average Bonchev–Trinajstić information content (AvgIpc) is 2.74. The first-order valence-corrected chi connectivity index (χ1v) is 9.12. The molecule has 8 heteroatoms. The molecule has 1 atom stereocenters. The van der Waals surface area contributed by atoms with Crippen LogP contribution in [0.15, 0.2) is 6.07 Å². The summed E-state index contributed by atoms with van der Waals surface area (Å²) in [5, 5.41) is -0.415. The monoisotopic (exact) mass is 384 g/mol. The number of hydrogen-bond acceptors (Lipinski definition) is 4. The molecule has 0 fully saturated rings. The number of hydrogen-bond donors (Lipinski definition) is 0. The summed E-state index contributed by atoms with van der Waals surface area (Å²) >= 11 is 7.07. The number of methoxy groups -OCH3 is 2. The van der Waals surface area contributed by atoms with Crippen LogP contribution in [0.3, 0.4) is 0 Å². The Hall–Kier alpha value is -0.790. The van der Waals surface area contributed by atoms with Crippen molar-refractivity contribution >= 4 is 23.4 Å². The molecular formula is C16H20ClF3O3S. The average molecular weight is 385 g/mol. The van der Waals surface area contributed by atoms with E-state index in [1.807, 2.05) is 0 Å². The summed E-state index contributed by atoms with van der Waals surface area (Å²) in [6, 6.07) is 1.66. The Labute approximate surface area is 148 Å². The highest BCUT2D eigenvalue weighted by atomic mass is 35.5. The van der Waals surface area contributed by atoms with Gasteiger partial charge in [-0.1, -0.05) is 0 Å². The summed E-state index contributed by atoms with van der Waals surface area (Å²) in [6.07, 6.45) is -3.17. The van der Waals surface area contributed by atoms with Crippen LogP contribution in [0.5, 0.6) is 11.5 Å². The van der Waals surface area contributed by atoms with E-state index in [2.05, 4.69) is 0 Å². The first kappa shape index (κ1) is 19.5. The van der Waals surface area contributed by atoms with Crippen molar-refractivity contribution in [2.75, 3.05) is 39.1 Å². The van der Waals surface area contributed by atoms with E-state index in [0.717, 1.165) is 12.2 Å². The highest BCUT2D eigenvalue weighted by Crippen LogP contribution is 2.50. The number of aryl methyl sites for hydroxylation is 1. The van der Waals surface area contributed by atoms with Crippen molar-refractivity contribution in [3.05, 3.63) is 22.8 Å². The number of rotatable bonds is 6. The van der Waals surface area contributed by atoms with Gasteiger partial charge in [-0.15, -0.1) is 11.6 Å². The third kappa shape index (κ3) is 4.24. The lowest BCUT2D eigenvalue weighted by molar-refractivity contribution is -0.139. The Morgan fingerprint density at radius 1 is 1.29 bits per heavy atom. The van der Waals surface area contributed by atoms with Gasteiger partial charge in [0.15, 0.2) is 11.5 Å². The van der Waals surface area contributed by atoms with Gasteiger partial charge in [0.25, 0.3) is 0 Å². The summed E-state index contributed by atoms with van der Waals surface area (Å²) in [5.74, 6) is 0.915. The molecule has 1 heterocycles. The molecule has 1 unspecified atom stereocenters. The fraction of sp³-hybridized carbons (Fsp3) is 0.625. The van der Waals surface area contributed by atoms with E-state index in [1.165, 1.54) is 26.0 Å². The van der Waals surface area contributed by atoms with Crippen molar-refractivity contribution in [3.63, 3.8) is 0 Å². The molecule has 0 saturated carbocycles. The lowest BCUT2D eigenvalue weighted by atomic mass is 9.93. The molecule has 1 aromatic rings. The maximum absolute atomic E-state index is 13.8. The van der Waals surface area contributed by atoms with Gasteiger partial charge < -0.3 is 14.2 Å². The maximum Gasteiger partial charge on any atom is 0.420 e. The molecule has 1 aromatic carbocycles. The molecular weight excluding hydrogens is 365 g/mol. The van der Waals surface area contributed by atoms with Gasteiger partial charge >= 0.3 is 6.18 Å². The number of alkyl halides is 4. The summed E-state index contributed by atoms with van der Waals surface area (Å²) in [7, 11) is 2.57. The van der Waals surface area contributed by atoms with E-state index >= 15 is 0 Å². The standard InChI is InChI=1S/C16H20ClF3O3S/c1-21-11-8-10-4-3-7-24-12(9-23-6-5-17)13(10)14(15(11)22-2)16(18,19)20/h8,12H,3-7,9H2,1-2H3. The second kappa shape index (κ2) is 8.54. The molecule has 2 rings (SSSR count). The van der Waals surface area contributed by atoms with Gasteiger partial charge in [-0.2, -0.15) is 24.9 Å². The minimum absolute atomic E-state index is 0.107. The minimum atomic E-state index is -4.54. The van der Waals surface area contributed by atoms with Gasteiger partial charge in [0.1, 0.15) is 5.56 Å². The molecule has 1 aliphatic heterocycles. The van der Waals surface area contributed by atoms with Crippen LogP contribution in [0.1, 0.15) is 28.4 Å². The van der Waals surface area contributed by atoms with E-state index < -0.39 is 17.0 Å². The normalized spacial score (nSPS) is 18.0. The SMILES string of the molecule is COc1cc2c(c(C(F)(F)F)c1OC)C(COCCCl)SCCC2. The topological polar surface area (TPSA) is 27.7 Å². The summed E-state index contributed by atoms with van der Waals surface area (Å²) in [4.78, 5) is 0. The van der Waals surface area contributed by atoms with Gasteiger partial charge in [0.05, 0.1) is 32.7 Å². The molecule has 0 aliphatic carbocycles. The Balaban J connectivity index is 2.60. The predicted molar refractivity (Wildman–Crippen MR) is 89.6 cm³/mol. The second-order valence-electron chi connectivity index (χ2n) is 5.28. The van der Waals surface area contributed by atoms with Gasteiger partial charge in [-0.25, -0.2) is 0 Å². The van der Waals surface area contributed by atoms with Crippen LogP contribution in [-0.2, 0) is 17.3 Å². The Morgan fingerprint density at radius 2 is 2.04 bits per heavy atom. The van der Waals surface area contributed by atoms with Gasteiger partial charge in [-0.3, -0.25) is 0 Å². The highest BCUT2D eigenvalue weighted by molar-refractivity contribution is 7.99. The minimum Gasteiger partial charge on any atom is -0.493 e. The van der Waals surface area contributed by atoms with Crippen LogP contribution in [0.2, 0.25) is 0 Å². The zero-order chi connectivity index (χ0) is 17.7. The first-order valence-electron chi connectivity index (χ1n) is 7.54. The number of benzene rings is 1. The summed E-state index contributed by atoms with van der Waals surface area (Å²) in [6.45, 7) is 0.492. The van der Waals surface area contributed by atoms with Crippen molar-refractivity contribution in [3.8, 4) is 11.5 Å². The zero-order valence-electron chi connectivity index (χ0n) is 13.5. The van der Waals surface area contributed by atoms with Gasteiger partial charge in [0, 0.05) is 5.88 Å². The number of fused-ring (bicyclic) bond motifs is 1. The van der Waals surface area contributed by atoms with Crippen LogP contribution in [0, 0.1) is 0 Å². The Kier molecular flexibility index (Phi) is 6.95. The van der Waals surface area contributed by atoms with Gasteiger partial charge in [0.2, 0.25) is 0 Å². The summed E-state index contributed by atoms with van der Waals surface area (Å²) in [5.41, 5.74) is 0.134. The molecule has 0 N–H and O–H groups in total. The van der Waals surface area contributed by atoms with Crippen LogP contribution in [0.25, 0.3) is 0 Å². The molecule has 24 heavy (non-hydrogen) atoms. The largest absolute Gasteiger partial charge is 0.493 e. The third-order valence-corrected chi connectivity index (χ3v) is 5.25. The van der Waals surface area contributed by atoms with Crippen molar-refractivity contribution < 1.29 is 27.4 Å². The molecule has 3 nitrogen and oxygen atoms in total. The first-order chi connectivity index (χ1) is 11.4. The maximum atomic E-state index is 13.8. The second-order valence-corrected chi connectivity index (χ2v) is 6.97. The lowest BCUT2D eigenvalue weighted by Gasteiger charge is -2.25. The fourth-order valence-electron chi connectivity index (χ4n) is 2.87. The van der Waals surface area contributed by atoms with Crippen LogP contribution in [-0.4, -0.2) is 39.1 Å². The predicted octanol–water partition coefficient (Wildman–Crippen LogP) is 4.70. The van der Waals surface area contributed by atoms with Crippen LogP contribution >= 0.6 is 23.4 Å². The van der Waals surface area contributed by atoms with E-state index in [4.69, 9.17) is 25.8 Å². The van der Waals surface area contributed by atoms with E-state index in [-0.39, 0.29) is 23.7 Å². The van der Waals surface area contributed by atoms with Crippen molar-refractivity contribution in [1.29, 1.82) is 0 Å². The van der Waals surface area contributed by atoms with Crippen LogP contribution in [0.4, 0.5) is 13.2 Å². The van der Waals surface area contributed by atoms with E-state index in [9.17, 15) is 13.2 Å². The quantitative estimate of drug-likeness (QED) is 0.525. The number of ether oxygens (including phenoxy) is 3. The van der Waals surface area contributed by atoms with Crippen molar-refractivity contribution in [2.45, 2.75) is 24.3 Å². The molecule has 0 amide bonds. The lowest BCUT2D eigenvalue weighted by Crippen LogP contribution is -2.18. The highest BCUT2D eigenvalue weighted by Gasteiger charge is 2.42. The number of halogens is 4. The summed E-state index contributed by atoms with van der Waals surface area (Å²) < 4.78 is 57.1. The molecule has 0 spiro atoms.